The quantitative estimate of drug-likeness (QED) is 0.722. The van der Waals surface area contributed by atoms with E-state index in [1.54, 1.807) is 25.1 Å². The lowest BCUT2D eigenvalue weighted by molar-refractivity contribution is -0.120. The third-order valence-electron chi connectivity index (χ3n) is 3.28. The van der Waals surface area contributed by atoms with Crippen molar-refractivity contribution in [3.8, 4) is 11.5 Å². The smallest absolute Gasteiger partial charge is 0.219 e. The molecule has 1 N–H and O–H groups in total. The summed E-state index contributed by atoms with van der Waals surface area (Å²) in [4.78, 5) is 11.2. The molecule has 1 amide bonds. The Bertz CT molecular complexity index is 631. The maximum Gasteiger partial charge on any atom is 0.219 e. The zero-order chi connectivity index (χ0) is 17.5. The number of carbonyl (C=O) groups is 1. The Balaban J connectivity index is 2.83. The molecule has 1 rings (SSSR count). The monoisotopic (exact) mass is 344 g/mol. The fourth-order valence-electron chi connectivity index (χ4n) is 1.99. The molecular formula is C15H24N2O5S. The number of amides is 1. The Morgan fingerprint density at radius 3 is 2.39 bits per heavy atom. The molecule has 0 bridgehead atoms. The fourth-order valence-corrected chi connectivity index (χ4v) is 2.80. The van der Waals surface area contributed by atoms with Crippen molar-refractivity contribution in [3.05, 3.63) is 23.8 Å². The summed E-state index contributed by atoms with van der Waals surface area (Å²) in [6.45, 7) is 2.42. The van der Waals surface area contributed by atoms with Crippen LogP contribution < -0.4 is 14.8 Å². The van der Waals surface area contributed by atoms with Gasteiger partial charge in [-0.05, 0) is 17.7 Å². The Morgan fingerprint density at radius 1 is 1.22 bits per heavy atom. The first-order chi connectivity index (χ1) is 10.8. The van der Waals surface area contributed by atoms with Crippen LogP contribution in [0, 0.1) is 0 Å². The van der Waals surface area contributed by atoms with Gasteiger partial charge in [-0.25, -0.2) is 8.42 Å². The third-order valence-corrected chi connectivity index (χ3v) is 4.53. The predicted molar refractivity (Wildman–Crippen MR) is 88.1 cm³/mol. The second-order valence-electron chi connectivity index (χ2n) is 4.99. The van der Waals surface area contributed by atoms with Gasteiger partial charge in [0.2, 0.25) is 15.9 Å². The van der Waals surface area contributed by atoms with Crippen LogP contribution in [-0.2, 0) is 21.4 Å². The molecule has 0 unspecified atom stereocenters. The van der Waals surface area contributed by atoms with Gasteiger partial charge < -0.3 is 14.8 Å². The number of hydrogen-bond acceptors (Lipinski definition) is 5. The number of methoxy groups -OCH3 is 2. The van der Waals surface area contributed by atoms with Crippen LogP contribution in [0.25, 0.3) is 0 Å². The summed E-state index contributed by atoms with van der Waals surface area (Å²) in [5, 5.41) is 2.67. The highest BCUT2D eigenvalue weighted by atomic mass is 32.2. The summed E-state index contributed by atoms with van der Waals surface area (Å²) >= 11 is 0. The van der Waals surface area contributed by atoms with Crippen molar-refractivity contribution in [2.45, 2.75) is 19.9 Å². The van der Waals surface area contributed by atoms with Gasteiger partial charge in [0.1, 0.15) is 0 Å². The van der Waals surface area contributed by atoms with E-state index in [9.17, 15) is 13.2 Å². The van der Waals surface area contributed by atoms with Gasteiger partial charge in [-0.1, -0.05) is 13.0 Å². The maximum atomic E-state index is 11.9. The molecule has 0 atom stereocenters. The van der Waals surface area contributed by atoms with Gasteiger partial charge in [-0.15, -0.1) is 0 Å². The molecule has 1 aromatic carbocycles. The molecule has 8 heteroatoms. The largest absolute Gasteiger partial charge is 0.493 e. The van der Waals surface area contributed by atoms with Crippen molar-refractivity contribution < 1.29 is 22.7 Å². The van der Waals surface area contributed by atoms with Gasteiger partial charge in [0.15, 0.2) is 11.5 Å². The van der Waals surface area contributed by atoms with Crippen LogP contribution in [0.15, 0.2) is 18.2 Å². The van der Waals surface area contributed by atoms with E-state index in [0.717, 1.165) is 11.8 Å². The van der Waals surface area contributed by atoms with E-state index in [1.807, 2.05) is 0 Å². The normalized spacial score (nSPS) is 11.3. The van der Waals surface area contributed by atoms with Gasteiger partial charge in [0.05, 0.1) is 20.5 Å². The van der Waals surface area contributed by atoms with E-state index in [0.29, 0.717) is 17.9 Å². The number of nitrogens with one attached hydrogen (secondary N) is 1. The molecule has 0 saturated heterocycles. The number of nitrogens with zero attached hydrogens (tertiary/aromatic N) is 1. The van der Waals surface area contributed by atoms with Crippen LogP contribution in [0.3, 0.4) is 0 Å². The van der Waals surface area contributed by atoms with Crippen molar-refractivity contribution in [2.75, 3.05) is 33.6 Å². The summed E-state index contributed by atoms with van der Waals surface area (Å²) in [6.07, 6.45) is 1.52. The van der Waals surface area contributed by atoms with Crippen molar-refractivity contribution >= 4 is 15.9 Å². The van der Waals surface area contributed by atoms with Gasteiger partial charge in [0.25, 0.3) is 0 Å². The minimum Gasteiger partial charge on any atom is -0.493 e. The lowest BCUT2D eigenvalue weighted by Crippen LogP contribution is -2.37. The molecule has 0 aromatic heterocycles. The number of rotatable bonds is 9. The standard InChI is InChI=1S/C15H24N2O5S/c1-5-15(18)16-8-9-17(23(4,19)20)11-12-6-7-13(21-2)14(10-12)22-3/h6-7,10H,5,8-9,11H2,1-4H3,(H,16,18). The van der Waals surface area contributed by atoms with E-state index in [4.69, 9.17) is 9.47 Å². The average molecular weight is 344 g/mol. The van der Waals surface area contributed by atoms with Crippen LogP contribution in [-0.4, -0.2) is 52.2 Å². The molecule has 0 radical (unpaired) electrons. The Morgan fingerprint density at radius 2 is 1.87 bits per heavy atom. The minimum atomic E-state index is -3.39. The second-order valence-corrected chi connectivity index (χ2v) is 6.97. The molecule has 0 aliphatic carbocycles. The summed E-state index contributed by atoms with van der Waals surface area (Å²) in [7, 11) is -0.331. The molecule has 0 heterocycles. The first-order valence-corrected chi connectivity index (χ1v) is 9.09. The molecule has 0 fully saturated rings. The van der Waals surface area contributed by atoms with E-state index in [-0.39, 0.29) is 25.5 Å². The lowest BCUT2D eigenvalue weighted by atomic mass is 10.2. The highest BCUT2D eigenvalue weighted by Crippen LogP contribution is 2.28. The lowest BCUT2D eigenvalue weighted by Gasteiger charge is -2.21. The SMILES string of the molecule is CCC(=O)NCCN(Cc1ccc(OC)c(OC)c1)S(C)(=O)=O. The number of carbonyl (C=O) groups excluding carboxylic acids is 1. The molecule has 7 nitrogen and oxygen atoms in total. The summed E-state index contributed by atoms with van der Waals surface area (Å²) in [5.41, 5.74) is 0.773. The molecule has 0 saturated carbocycles. The summed E-state index contributed by atoms with van der Waals surface area (Å²) < 4.78 is 35.5. The third kappa shape index (κ3) is 6.07. The van der Waals surface area contributed by atoms with E-state index in [2.05, 4.69) is 5.32 Å². The second kappa shape index (κ2) is 8.73. The molecule has 0 spiro atoms. The van der Waals surface area contributed by atoms with Crippen LogP contribution >= 0.6 is 0 Å². The fraction of sp³-hybridized carbons (Fsp3) is 0.533. The minimum absolute atomic E-state index is 0.107. The molecule has 0 aliphatic heterocycles. The van der Waals surface area contributed by atoms with Crippen molar-refractivity contribution in [2.24, 2.45) is 0 Å². The number of sulfonamides is 1. The molecule has 1 aromatic rings. The first kappa shape index (κ1) is 19.2. The zero-order valence-electron chi connectivity index (χ0n) is 14.0. The van der Waals surface area contributed by atoms with Gasteiger partial charge in [-0.2, -0.15) is 4.31 Å². The van der Waals surface area contributed by atoms with Crippen LogP contribution in [0.1, 0.15) is 18.9 Å². The van der Waals surface area contributed by atoms with Crippen LogP contribution in [0.5, 0.6) is 11.5 Å². The Hall–Kier alpha value is -1.80. The molecule has 0 aliphatic rings. The van der Waals surface area contributed by atoms with Crippen LogP contribution in [0.4, 0.5) is 0 Å². The van der Waals surface area contributed by atoms with E-state index >= 15 is 0 Å². The highest BCUT2D eigenvalue weighted by molar-refractivity contribution is 7.88. The van der Waals surface area contributed by atoms with Crippen molar-refractivity contribution in [3.63, 3.8) is 0 Å². The first-order valence-electron chi connectivity index (χ1n) is 7.24. The van der Waals surface area contributed by atoms with Crippen molar-refractivity contribution in [1.82, 2.24) is 9.62 Å². The van der Waals surface area contributed by atoms with Gasteiger partial charge in [0, 0.05) is 26.1 Å². The average Bonchev–Trinajstić information content (AvgIpc) is 2.52. The summed E-state index contributed by atoms with van der Waals surface area (Å²) in [6, 6.07) is 5.25. The van der Waals surface area contributed by atoms with E-state index in [1.165, 1.54) is 18.5 Å². The number of ether oxygens (including phenoxy) is 2. The molecule has 130 valence electrons. The highest BCUT2D eigenvalue weighted by Gasteiger charge is 2.18. The summed E-state index contributed by atoms with van der Waals surface area (Å²) in [5.74, 6) is 1.01. The maximum absolute atomic E-state index is 11.9. The zero-order valence-corrected chi connectivity index (χ0v) is 14.8. The predicted octanol–water partition coefficient (Wildman–Crippen LogP) is 0.992. The molecule has 23 heavy (non-hydrogen) atoms. The topological polar surface area (TPSA) is 84.9 Å². The van der Waals surface area contributed by atoms with Gasteiger partial charge in [-0.3, -0.25) is 4.79 Å². The molecular weight excluding hydrogens is 320 g/mol. The van der Waals surface area contributed by atoms with Crippen LogP contribution in [0.2, 0.25) is 0 Å². The Kier molecular flexibility index (Phi) is 7.31. The Labute approximate surface area is 137 Å². The van der Waals surface area contributed by atoms with Gasteiger partial charge >= 0.3 is 0 Å². The van der Waals surface area contributed by atoms with Crippen molar-refractivity contribution in [1.29, 1.82) is 0 Å². The number of benzene rings is 1. The number of hydrogen-bond donors (Lipinski definition) is 1. The van der Waals surface area contributed by atoms with E-state index < -0.39 is 10.0 Å².